The Morgan fingerprint density at radius 3 is 2.70 bits per heavy atom. The summed E-state index contributed by atoms with van der Waals surface area (Å²) >= 11 is 0. The second-order valence-electron chi connectivity index (χ2n) is 9.11. The van der Waals surface area contributed by atoms with Gasteiger partial charge in [0.05, 0.1) is 13.2 Å². The molecular formula is C23H33N3O4. The third-order valence-corrected chi connectivity index (χ3v) is 7.22. The largest absolute Gasteiger partial charge is 0.454 e. The summed E-state index contributed by atoms with van der Waals surface area (Å²) in [5.41, 5.74) is 1.56. The molecule has 7 nitrogen and oxygen atoms in total. The Labute approximate surface area is 178 Å². The van der Waals surface area contributed by atoms with Crippen LogP contribution >= 0.6 is 0 Å². The summed E-state index contributed by atoms with van der Waals surface area (Å²) in [4.78, 5) is 7.61. The molecule has 0 aliphatic carbocycles. The molecule has 1 atom stereocenters. The fourth-order valence-electron chi connectivity index (χ4n) is 5.27. The first-order chi connectivity index (χ1) is 14.7. The molecule has 1 aromatic carbocycles. The smallest absolute Gasteiger partial charge is 0.231 e. The summed E-state index contributed by atoms with van der Waals surface area (Å²) in [6, 6.07) is 6.37. The van der Waals surface area contributed by atoms with Crippen molar-refractivity contribution in [3.8, 4) is 11.5 Å². The first-order valence-electron chi connectivity index (χ1n) is 11.3. The molecule has 0 aromatic heterocycles. The van der Waals surface area contributed by atoms with E-state index in [1.807, 2.05) is 6.07 Å². The molecule has 30 heavy (non-hydrogen) atoms. The van der Waals surface area contributed by atoms with E-state index < -0.39 is 0 Å². The van der Waals surface area contributed by atoms with E-state index >= 15 is 0 Å². The van der Waals surface area contributed by atoms with Gasteiger partial charge in [-0.25, -0.2) is 0 Å². The molecule has 1 aromatic rings. The number of benzene rings is 1. The van der Waals surface area contributed by atoms with Gasteiger partial charge in [-0.15, -0.1) is 0 Å². The number of aliphatic imine (C=N–C) groups is 1. The second-order valence-corrected chi connectivity index (χ2v) is 9.11. The number of likely N-dealkylation sites (tertiary alicyclic amines) is 1. The second kappa shape index (κ2) is 8.27. The van der Waals surface area contributed by atoms with Crippen molar-refractivity contribution >= 4 is 5.96 Å². The molecule has 1 unspecified atom stereocenters. The Morgan fingerprint density at radius 2 is 1.90 bits per heavy atom. The predicted octanol–water partition coefficient (Wildman–Crippen LogP) is 2.54. The lowest BCUT2D eigenvalue weighted by Crippen LogP contribution is -2.43. The average Bonchev–Trinajstić information content (AvgIpc) is 3.53. The van der Waals surface area contributed by atoms with Crippen LogP contribution in [0.2, 0.25) is 0 Å². The van der Waals surface area contributed by atoms with Crippen molar-refractivity contribution in [2.45, 2.75) is 38.0 Å². The maximum Gasteiger partial charge on any atom is 0.231 e. The minimum absolute atomic E-state index is 0.0339. The minimum atomic E-state index is -0.0339. The van der Waals surface area contributed by atoms with E-state index in [9.17, 15) is 0 Å². The third-order valence-electron chi connectivity index (χ3n) is 7.22. The Hall–Kier alpha value is -1.99. The van der Waals surface area contributed by atoms with E-state index in [1.165, 1.54) is 18.4 Å². The van der Waals surface area contributed by atoms with E-state index in [2.05, 4.69) is 29.3 Å². The number of nitrogens with one attached hydrogen (secondary N) is 1. The van der Waals surface area contributed by atoms with Gasteiger partial charge in [0.25, 0.3) is 0 Å². The number of rotatable bonds is 4. The molecule has 3 saturated heterocycles. The van der Waals surface area contributed by atoms with Crippen LogP contribution in [0.4, 0.5) is 0 Å². The molecular weight excluding hydrogens is 382 g/mol. The SMILES string of the molecule is CCNC(=NCC1(c2ccc3c(c2)OCO3)CCOCC1)N1CCC2(CCOC2)C1. The van der Waals surface area contributed by atoms with Crippen LogP contribution in [-0.2, 0) is 14.9 Å². The molecule has 5 rings (SSSR count). The summed E-state index contributed by atoms with van der Waals surface area (Å²) in [7, 11) is 0. The molecule has 3 fully saturated rings. The lowest BCUT2D eigenvalue weighted by Gasteiger charge is -2.37. The number of fused-ring (bicyclic) bond motifs is 1. The first-order valence-corrected chi connectivity index (χ1v) is 11.3. The average molecular weight is 416 g/mol. The Balaban J connectivity index is 1.38. The van der Waals surface area contributed by atoms with Crippen molar-refractivity contribution in [1.29, 1.82) is 0 Å². The Morgan fingerprint density at radius 1 is 1.07 bits per heavy atom. The topological polar surface area (TPSA) is 64.6 Å². The maximum atomic E-state index is 5.71. The van der Waals surface area contributed by atoms with Gasteiger partial charge in [-0.1, -0.05) is 6.07 Å². The summed E-state index contributed by atoms with van der Waals surface area (Å²) in [6.45, 7) is 9.48. The lowest BCUT2D eigenvalue weighted by atomic mass is 9.74. The van der Waals surface area contributed by atoms with Crippen molar-refractivity contribution in [1.82, 2.24) is 10.2 Å². The highest BCUT2D eigenvalue weighted by molar-refractivity contribution is 5.80. The molecule has 1 spiro atoms. The molecule has 164 valence electrons. The van der Waals surface area contributed by atoms with E-state index in [4.69, 9.17) is 23.9 Å². The Kier molecular flexibility index (Phi) is 5.50. The van der Waals surface area contributed by atoms with E-state index in [1.54, 1.807) is 0 Å². The zero-order valence-electron chi connectivity index (χ0n) is 18.0. The van der Waals surface area contributed by atoms with Gasteiger partial charge in [0, 0.05) is 50.3 Å². The minimum Gasteiger partial charge on any atom is -0.454 e. The fourth-order valence-corrected chi connectivity index (χ4v) is 5.27. The van der Waals surface area contributed by atoms with Gasteiger partial charge in [-0.3, -0.25) is 4.99 Å². The van der Waals surface area contributed by atoms with E-state index in [0.29, 0.717) is 12.2 Å². The summed E-state index contributed by atoms with van der Waals surface area (Å²) in [5, 5.41) is 3.54. The predicted molar refractivity (Wildman–Crippen MR) is 114 cm³/mol. The van der Waals surface area contributed by atoms with Crippen LogP contribution in [-0.4, -0.2) is 70.3 Å². The van der Waals surface area contributed by atoms with Crippen molar-refractivity contribution in [3.05, 3.63) is 23.8 Å². The van der Waals surface area contributed by atoms with E-state index in [-0.39, 0.29) is 5.41 Å². The van der Waals surface area contributed by atoms with Crippen LogP contribution in [0.15, 0.2) is 23.2 Å². The van der Waals surface area contributed by atoms with Crippen LogP contribution in [0.25, 0.3) is 0 Å². The molecule has 0 radical (unpaired) electrons. The standard InChI is InChI=1S/C23H33N3O4/c1-2-24-21(26-9-5-22(15-26)6-10-28-16-22)25-14-23(7-11-27-12-8-23)18-3-4-19-20(13-18)30-17-29-19/h3-4,13H,2,5-12,14-17H2,1H3,(H,24,25). The van der Waals surface area contributed by atoms with Gasteiger partial charge in [0.1, 0.15) is 0 Å². The normalized spacial score (nSPS) is 27.8. The third kappa shape index (κ3) is 3.73. The molecule has 1 N–H and O–H groups in total. The quantitative estimate of drug-likeness (QED) is 0.602. The first kappa shape index (κ1) is 19.9. The maximum absolute atomic E-state index is 5.71. The number of nitrogens with zero attached hydrogens (tertiary/aromatic N) is 2. The van der Waals surface area contributed by atoms with Crippen LogP contribution in [0.1, 0.15) is 38.2 Å². The van der Waals surface area contributed by atoms with Crippen molar-refractivity contribution in [2.75, 3.05) is 59.4 Å². The molecule has 0 amide bonds. The summed E-state index contributed by atoms with van der Waals surface area (Å²) in [5.74, 6) is 2.71. The van der Waals surface area contributed by atoms with Gasteiger partial charge < -0.3 is 29.2 Å². The van der Waals surface area contributed by atoms with Crippen LogP contribution in [0.5, 0.6) is 11.5 Å². The number of ether oxygens (including phenoxy) is 4. The fraction of sp³-hybridized carbons (Fsp3) is 0.696. The summed E-state index contributed by atoms with van der Waals surface area (Å²) < 4.78 is 22.6. The van der Waals surface area contributed by atoms with E-state index in [0.717, 1.165) is 82.9 Å². The molecule has 0 bridgehead atoms. The number of hydrogen-bond acceptors (Lipinski definition) is 5. The highest BCUT2D eigenvalue weighted by Gasteiger charge is 2.42. The molecule has 7 heteroatoms. The lowest BCUT2D eigenvalue weighted by molar-refractivity contribution is 0.0529. The van der Waals surface area contributed by atoms with Crippen molar-refractivity contribution in [3.63, 3.8) is 0 Å². The summed E-state index contributed by atoms with van der Waals surface area (Å²) in [6.07, 6.45) is 4.29. The van der Waals surface area contributed by atoms with Crippen LogP contribution in [0, 0.1) is 5.41 Å². The molecule has 0 saturated carbocycles. The van der Waals surface area contributed by atoms with Gasteiger partial charge in [0.2, 0.25) is 6.79 Å². The van der Waals surface area contributed by atoms with Gasteiger partial charge >= 0.3 is 0 Å². The molecule has 4 aliphatic rings. The highest BCUT2D eigenvalue weighted by Crippen LogP contribution is 2.42. The van der Waals surface area contributed by atoms with Gasteiger partial charge in [0.15, 0.2) is 17.5 Å². The van der Waals surface area contributed by atoms with Gasteiger partial charge in [-0.05, 0) is 50.3 Å². The zero-order chi connectivity index (χ0) is 20.4. The molecule has 4 aliphatic heterocycles. The number of guanidine groups is 1. The highest BCUT2D eigenvalue weighted by atomic mass is 16.7. The van der Waals surface area contributed by atoms with Crippen molar-refractivity contribution < 1.29 is 18.9 Å². The van der Waals surface area contributed by atoms with Crippen LogP contribution in [0.3, 0.4) is 0 Å². The van der Waals surface area contributed by atoms with Crippen LogP contribution < -0.4 is 14.8 Å². The van der Waals surface area contributed by atoms with Crippen molar-refractivity contribution in [2.24, 2.45) is 10.4 Å². The number of hydrogen-bond donors (Lipinski definition) is 1. The monoisotopic (exact) mass is 415 g/mol. The molecule has 4 heterocycles. The zero-order valence-corrected chi connectivity index (χ0v) is 18.0. The Bertz CT molecular complexity index is 785. The van der Waals surface area contributed by atoms with Gasteiger partial charge in [-0.2, -0.15) is 0 Å².